The summed E-state index contributed by atoms with van der Waals surface area (Å²) in [5, 5.41) is 27.1. The SMILES string of the molecule is O[C@@H](c1nccs1)[C@@H]1CCCN(c2nnnc3cc(N4CCOCC4)ccc23)C1. The zero-order valence-electron chi connectivity index (χ0n) is 16.1. The number of morpholine rings is 1. The highest BCUT2D eigenvalue weighted by Gasteiger charge is 2.30. The molecule has 1 aromatic carbocycles. The lowest BCUT2D eigenvalue weighted by atomic mass is 9.92. The van der Waals surface area contributed by atoms with Crippen LogP contribution in [0.1, 0.15) is 24.0 Å². The molecule has 2 aliphatic rings. The summed E-state index contributed by atoms with van der Waals surface area (Å²) in [5.41, 5.74) is 1.99. The van der Waals surface area contributed by atoms with Crippen LogP contribution in [0, 0.1) is 5.92 Å². The molecule has 29 heavy (non-hydrogen) atoms. The van der Waals surface area contributed by atoms with Gasteiger partial charge in [0.1, 0.15) is 16.6 Å². The van der Waals surface area contributed by atoms with Crippen LogP contribution in [0.2, 0.25) is 0 Å². The number of ether oxygens (including phenoxy) is 1. The molecule has 2 aliphatic heterocycles. The molecular formula is C20H24N6O2S. The molecule has 2 aromatic heterocycles. The summed E-state index contributed by atoms with van der Waals surface area (Å²) < 4.78 is 5.45. The zero-order chi connectivity index (χ0) is 19.6. The third kappa shape index (κ3) is 3.77. The second-order valence-electron chi connectivity index (χ2n) is 7.58. The van der Waals surface area contributed by atoms with Gasteiger partial charge in [-0.3, -0.25) is 0 Å². The van der Waals surface area contributed by atoms with Crippen molar-refractivity contribution in [2.45, 2.75) is 18.9 Å². The van der Waals surface area contributed by atoms with Crippen molar-refractivity contribution in [3.05, 3.63) is 34.8 Å². The van der Waals surface area contributed by atoms with Crippen molar-refractivity contribution < 1.29 is 9.84 Å². The van der Waals surface area contributed by atoms with Crippen LogP contribution in [0.5, 0.6) is 0 Å². The minimum Gasteiger partial charge on any atom is -0.386 e. The smallest absolute Gasteiger partial charge is 0.162 e. The fourth-order valence-electron chi connectivity index (χ4n) is 4.25. The lowest BCUT2D eigenvalue weighted by molar-refractivity contribution is 0.0977. The number of nitrogens with zero attached hydrogens (tertiary/aromatic N) is 6. The number of piperidine rings is 1. The predicted molar refractivity (Wildman–Crippen MR) is 112 cm³/mol. The number of aliphatic hydroxyl groups excluding tert-OH is 1. The van der Waals surface area contributed by atoms with E-state index in [1.165, 1.54) is 11.3 Å². The second-order valence-corrected chi connectivity index (χ2v) is 8.50. The van der Waals surface area contributed by atoms with Crippen LogP contribution < -0.4 is 9.80 Å². The molecular weight excluding hydrogens is 388 g/mol. The fraction of sp³-hybridized carbons (Fsp3) is 0.500. The van der Waals surface area contributed by atoms with E-state index in [2.05, 4.69) is 48.4 Å². The number of aliphatic hydroxyl groups is 1. The summed E-state index contributed by atoms with van der Waals surface area (Å²) in [6.07, 6.45) is 3.20. The van der Waals surface area contributed by atoms with Gasteiger partial charge in [-0.1, -0.05) is 0 Å². The lowest BCUT2D eigenvalue weighted by Crippen LogP contribution is -2.38. The number of rotatable bonds is 4. The van der Waals surface area contributed by atoms with Crippen molar-refractivity contribution in [2.75, 3.05) is 49.2 Å². The molecule has 4 heterocycles. The molecule has 0 radical (unpaired) electrons. The topological polar surface area (TPSA) is 87.5 Å². The van der Waals surface area contributed by atoms with Gasteiger partial charge in [0.2, 0.25) is 0 Å². The maximum Gasteiger partial charge on any atom is 0.162 e. The van der Waals surface area contributed by atoms with Crippen molar-refractivity contribution in [3.63, 3.8) is 0 Å². The molecule has 1 N–H and O–H groups in total. The Morgan fingerprint density at radius 1 is 1.14 bits per heavy atom. The molecule has 2 atom stereocenters. The van der Waals surface area contributed by atoms with E-state index in [-0.39, 0.29) is 5.92 Å². The fourth-order valence-corrected chi connectivity index (χ4v) is 4.97. The number of hydrogen-bond donors (Lipinski definition) is 1. The Morgan fingerprint density at radius 3 is 2.86 bits per heavy atom. The summed E-state index contributed by atoms with van der Waals surface area (Å²) in [5.74, 6) is 0.979. The van der Waals surface area contributed by atoms with Gasteiger partial charge in [-0.2, -0.15) is 0 Å². The largest absolute Gasteiger partial charge is 0.386 e. The average Bonchev–Trinajstić information content (AvgIpc) is 3.33. The summed E-state index contributed by atoms with van der Waals surface area (Å²) >= 11 is 1.51. The van der Waals surface area contributed by atoms with Crippen LogP contribution in [-0.4, -0.2) is 64.9 Å². The molecule has 2 saturated heterocycles. The van der Waals surface area contributed by atoms with Crippen LogP contribution in [0.15, 0.2) is 29.8 Å². The molecule has 0 aliphatic carbocycles. The van der Waals surface area contributed by atoms with E-state index in [9.17, 15) is 5.11 Å². The number of anilines is 2. The number of benzene rings is 1. The third-order valence-electron chi connectivity index (χ3n) is 5.80. The maximum absolute atomic E-state index is 10.7. The standard InChI is InChI=1S/C20H24N6O2S/c27-18(20-21-5-11-29-20)14-2-1-6-26(13-14)19-16-4-3-15(12-17(16)22-24-23-19)25-7-9-28-10-8-25/h3-5,11-12,14,18,27H,1-2,6-10,13H2/t14-,18-/m1/s1. The minimum atomic E-state index is -0.535. The molecule has 0 unspecified atom stereocenters. The van der Waals surface area contributed by atoms with Crippen molar-refractivity contribution >= 4 is 33.7 Å². The molecule has 5 rings (SSSR count). The van der Waals surface area contributed by atoms with Crippen LogP contribution >= 0.6 is 11.3 Å². The van der Waals surface area contributed by atoms with E-state index in [0.29, 0.717) is 0 Å². The van der Waals surface area contributed by atoms with Crippen molar-refractivity contribution in [2.24, 2.45) is 5.92 Å². The highest BCUT2D eigenvalue weighted by molar-refractivity contribution is 7.09. The van der Waals surface area contributed by atoms with Gasteiger partial charge in [0.15, 0.2) is 5.82 Å². The first-order chi connectivity index (χ1) is 14.3. The van der Waals surface area contributed by atoms with E-state index < -0.39 is 6.10 Å². The van der Waals surface area contributed by atoms with Gasteiger partial charge >= 0.3 is 0 Å². The van der Waals surface area contributed by atoms with E-state index in [0.717, 1.165) is 79.7 Å². The van der Waals surface area contributed by atoms with Crippen molar-refractivity contribution in [1.29, 1.82) is 0 Å². The predicted octanol–water partition coefficient (Wildman–Crippen LogP) is 2.27. The van der Waals surface area contributed by atoms with Gasteiger partial charge in [-0.25, -0.2) is 4.98 Å². The molecule has 9 heteroatoms. The second kappa shape index (κ2) is 8.17. The molecule has 0 saturated carbocycles. The molecule has 3 aromatic rings. The first kappa shape index (κ1) is 18.7. The van der Waals surface area contributed by atoms with Gasteiger partial charge in [0.25, 0.3) is 0 Å². The highest BCUT2D eigenvalue weighted by atomic mass is 32.1. The highest BCUT2D eigenvalue weighted by Crippen LogP contribution is 2.34. The van der Waals surface area contributed by atoms with Crippen LogP contribution in [-0.2, 0) is 4.74 Å². The van der Waals surface area contributed by atoms with Gasteiger partial charge in [0, 0.05) is 54.7 Å². The number of aromatic nitrogens is 4. The Bertz CT molecular complexity index is 963. The van der Waals surface area contributed by atoms with E-state index in [1.54, 1.807) is 6.20 Å². The monoisotopic (exact) mass is 412 g/mol. The number of fused-ring (bicyclic) bond motifs is 1. The first-order valence-corrected chi connectivity index (χ1v) is 11.0. The Hall–Kier alpha value is -2.36. The van der Waals surface area contributed by atoms with Gasteiger partial charge in [-0.15, -0.1) is 21.5 Å². The van der Waals surface area contributed by atoms with Gasteiger partial charge in [-0.05, 0) is 36.3 Å². The molecule has 0 bridgehead atoms. The first-order valence-electron chi connectivity index (χ1n) is 10.1. The average molecular weight is 413 g/mol. The summed E-state index contributed by atoms with van der Waals surface area (Å²) in [7, 11) is 0. The Labute approximate surface area is 173 Å². The van der Waals surface area contributed by atoms with Crippen molar-refractivity contribution in [3.8, 4) is 0 Å². The van der Waals surface area contributed by atoms with Gasteiger partial charge < -0.3 is 19.6 Å². The molecule has 0 amide bonds. The summed E-state index contributed by atoms with van der Waals surface area (Å²) in [4.78, 5) is 8.84. The number of thiazole rings is 1. The summed E-state index contributed by atoms with van der Waals surface area (Å²) in [6.45, 7) is 4.92. The Balaban J connectivity index is 1.40. The zero-order valence-corrected chi connectivity index (χ0v) is 17.0. The molecule has 0 spiro atoms. The van der Waals surface area contributed by atoms with Crippen molar-refractivity contribution in [1.82, 2.24) is 20.4 Å². The maximum atomic E-state index is 10.7. The number of hydrogen-bond acceptors (Lipinski definition) is 9. The molecule has 152 valence electrons. The van der Waals surface area contributed by atoms with Crippen LogP contribution in [0.25, 0.3) is 10.9 Å². The lowest BCUT2D eigenvalue weighted by Gasteiger charge is -2.35. The molecule has 2 fully saturated rings. The molecule has 8 nitrogen and oxygen atoms in total. The van der Waals surface area contributed by atoms with E-state index >= 15 is 0 Å². The Morgan fingerprint density at radius 2 is 2.03 bits per heavy atom. The Kier molecular flexibility index (Phi) is 5.26. The summed E-state index contributed by atoms with van der Waals surface area (Å²) in [6, 6.07) is 6.31. The third-order valence-corrected chi connectivity index (χ3v) is 6.64. The van der Waals surface area contributed by atoms with E-state index in [4.69, 9.17) is 4.74 Å². The van der Waals surface area contributed by atoms with Gasteiger partial charge in [0.05, 0.1) is 13.2 Å². The van der Waals surface area contributed by atoms with Crippen LogP contribution in [0.3, 0.4) is 0 Å². The minimum absolute atomic E-state index is 0.132. The van der Waals surface area contributed by atoms with E-state index in [1.807, 2.05) is 5.38 Å². The quantitative estimate of drug-likeness (QED) is 0.698. The van der Waals surface area contributed by atoms with Crippen LogP contribution in [0.4, 0.5) is 11.5 Å². The normalized spacial score (nSPS) is 21.5.